The molecule has 1 N–H and O–H groups in total. The minimum atomic E-state index is 0.695. The molecule has 0 bridgehead atoms. The van der Waals surface area contributed by atoms with Gasteiger partial charge in [-0.05, 0) is 31.2 Å². The van der Waals surface area contributed by atoms with E-state index in [0.717, 1.165) is 36.6 Å². The molecular formula is C15H20ClN3O. The minimum Gasteiger partial charge on any atom is -0.472 e. The number of aromatic nitrogens is 1. The second-order valence-electron chi connectivity index (χ2n) is 4.76. The van der Waals surface area contributed by atoms with Crippen molar-refractivity contribution >= 4 is 17.4 Å². The van der Waals surface area contributed by atoms with Crippen LogP contribution in [0.25, 0.3) is 0 Å². The van der Waals surface area contributed by atoms with E-state index in [1.807, 2.05) is 25.2 Å². The Hall–Kier alpha value is -1.52. The summed E-state index contributed by atoms with van der Waals surface area (Å²) in [5.74, 6) is 0.906. The van der Waals surface area contributed by atoms with Crippen LogP contribution in [0.1, 0.15) is 24.6 Å². The van der Waals surface area contributed by atoms with Gasteiger partial charge in [0, 0.05) is 25.7 Å². The van der Waals surface area contributed by atoms with E-state index >= 15 is 0 Å². The van der Waals surface area contributed by atoms with Gasteiger partial charge in [0.25, 0.3) is 0 Å². The number of anilines is 1. The molecule has 0 saturated heterocycles. The van der Waals surface area contributed by atoms with Crippen molar-refractivity contribution in [2.24, 2.45) is 0 Å². The molecule has 0 unspecified atom stereocenters. The Morgan fingerprint density at radius 3 is 2.90 bits per heavy atom. The van der Waals surface area contributed by atoms with Crippen molar-refractivity contribution in [1.29, 1.82) is 0 Å². The molecule has 2 rings (SSSR count). The average Bonchev–Trinajstić information content (AvgIpc) is 2.94. The van der Waals surface area contributed by atoms with Crippen LogP contribution in [-0.4, -0.2) is 18.6 Å². The molecule has 0 fully saturated rings. The lowest BCUT2D eigenvalue weighted by molar-refractivity contribution is 0.563. The van der Waals surface area contributed by atoms with E-state index in [4.69, 9.17) is 16.0 Å². The maximum absolute atomic E-state index is 6.19. The minimum absolute atomic E-state index is 0.695. The van der Waals surface area contributed by atoms with Gasteiger partial charge in [0.1, 0.15) is 5.82 Å². The summed E-state index contributed by atoms with van der Waals surface area (Å²) in [7, 11) is 2.01. The first kappa shape index (κ1) is 14.9. The average molecular weight is 294 g/mol. The maximum atomic E-state index is 6.19. The van der Waals surface area contributed by atoms with E-state index in [1.54, 1.807) is 12.5 Å². The third-order valence-corrected chi connectivity index (χ3v) is 3.36. The smallest absolute Gasteiger partial charge is 0.129 e. The van der Waals surface area contributed by atoms with E-state index in [2.05, 4.69) is 22.1 Å². The quantitative estimate of drug-likeness (QED) is 0.794. The highest BCUT2D eigenvalue weighted by molar-refractivity contribution is 6.31. The molecule has 2 aromatic heterocycles. The van der Waals surface area contributed by atoms with Crippen LogP contribution in [0, 0.1) is 0 Å². The standard InChI is InChI=1S/C15H20ClN3O/c1-3-7-17-9-14-13(16)4-5-15(18-14)19(2)10-12-6-8-20-11-12/h4-6,8,11,17H,3,7,9-10H2,1-2H3. The van der Waals surface area contributed by atoms with Crippen LogP contribution < -0.4 is 10.2 Å². The molecule has 0 radical (unpaired) electrons. The Bertz CT molecular complexity index is 528. The van der Waals surface area contributed by atoms with Crippen LogP contribution in [0.15, 0.2) is 35.1 Å². The van der Waals surface area contributed by atoms with Gasteiger partial charge in [-0.3, -0.25) is 0 Å². The molecule has 0 aliphatic carbocycles. The lowest BCUT2D eigenvalue weighted by Crippen LogP contribution is -2.20. The fourth-order valence-corrected chi connectivity index (χ4v) is 2.10. The van der Waals surface area contributed by atoms with Crippen molar-refractivity contribution in [3.8, 4) is 0 Å². The number of furan rings is 1. The molecule has 0 spiro atoms. The number of hydrogen-bond acceptors (Lipinski definition) is 4. The zero-order valence-corrected chi connectivity index (χ0v) is 12.7. The predicted octanol–water partition coefficient (Wildman–Crippen LogP) is 3.46. The topological polar surface area (TPSA) is 41.3 Å². The number of halogens is 1. The Balaban J connectivity index is 2.05. The van der Waals surface area contributed by atoms with E-state index in [9.17, 15) is 0 Å². The summed E-state index contributed by atoms with van der Waals surface area (Å²) >= 11 is 6.19. The first-order chi connectivity index (χ1) is 9.70. The monoisotopic (exact) mass is 293 g/mol. The van der Waals surface area contributed by atoms with Gasteiger partial charge in [-0.2, -0.15) is 0 Å². The van der Waals surface area contributed by atoms with Crippen molar-refractivity contribution in [3.05, 3.63) is 47.0 Å². The lowest BCUT2D eigenvalue weighted by atomic mass is 10.3. The largest absolute Gasteiger partial charge is 0.472 e. The van der Waals surface area contributed by atoms with Gasteiger partial charge >= 0.3 is 0 Å². The molecule has 5 heteroatoms. The number of nitrogens with zero attached hydrogens (tertiary/aromatic N) is 2. The second-order valence-corrected chi connectivity index (χ2v) is 5.17. The summed E-state index contributed by atoms with van der Waals surface area (Å²) in [6.07, 6.45) is 4.52. The summed E-state index contributed by atoms with van der Waals surface area (Å²) in [4.78, 5) is 6.70. The third-order valence-electron chi connectivity index (χ3n) is 3.01. The van der Waals surface area contributed by atoms with Gasteiger partial charge in [-0.25, -0.2) is 4.98 Å². The fourth-order valence-electron chi connectivity index (χ4n) is 1.93. The van der Waals surface area contributed by atoms with Crippen molar-refractivity contribution in [2.45, 2.75) is 26.4 Å². The van der Waals surface area contributed by atoms with E-state index < -0.39 is 0 Å². The molecule has 0 aliphatic rings. The molecule has 2 heterocycles. The van der Waals surface area contributed by atoms with Crippen LogP contribution >= 0.6 is 11.6 Å². The van der Waals surface area contributed by atoms with E-state index in [0.29, 0.717) is 11.6 Å². The molecule has 108 valence electrons. The second kappa shape index (κ2) is 7.31. The zero-order chi connectivity index (χ0) is 14.4. The van der Waals surface area contributed by atoms with Crippen LogP contribution in [0.4, 0.5) is 5.82 Å². The molecule has 20 heavy (non-hydrogen) atoms. The van der Waals surface area contributed by atoms with Gasteiger partial charge in [-0.15, -0.1) is 0 Å². The molecule has 0 saturated carbocycles. The molecule has 4 nitrogen and oxygen atoms in total. The highest BCUT2D eigenvalue weighted by Gasteiger charge is 2.08. The molecule has 0 atom stereocenters. The van der Waals surface area contributed by atoms with Crippen LogP contribution in [0.2, 0.25) is 5.02 Å². The fraction of sp³-hybridized carbons (Fsp3) is 0.400. The van der Waals surface area contributed by atoms with Crippen molar-refractivity contribution in [2.75, 3.05) is 18.5 Å². The van der Waals surface area contributed by atoms with Crippen molar-refractivity contribution < 1.29 is 4.42 Å². The number of pyridine rings is 1. The van der Waals surface area contributed by atoms with E-state index in [-0.39, 0.29) is 0 Å². The summed E-state index contributed by atoms with van der Waals surface area (Å²) in [6, 6.07) is 5.79. The first-order valence-electron chi connectivity index (χ1n) is 6.79. The van der Waals surface area contributed by atoms with Gasteiger partial charge < -0.3 is 14.6 Å². The van der Waals surface area contributed by atoms with Crippen LogP contribution in [0.3, 0.4) is 0 Å². The predicted molar refractivity (Wildman–Crippen MR) is 82.1 cm³/mol. The summed E-state index contributed by atoms with van der Waals surface area (Å²) in [5.41, 5.74) is 2.01. The SMILES string of the molecule is CCCNCc1nc(N(C)Cc2ccoc2)ccc1Cl. The Morgan fingerprint density at radius 2 is 2.20 bits per heavy atom. The normalized spacial score (nSPS) is 10.8. The summed E-state index contributed by atoms with van der Waals surface area (Å²) < 4.78 is 5.08. The van der Waals surface area contributed by atoms with Crippen molar-refractivity contribution in [3.63, 3.8) is 0 Å². The summed E-state index contributed by atoms with van der Waals surface area (Å²) in [6.45, 7) is 4.55. The molecular weight excluding hydrogens is 274 g/mol. The third kappa shape index (κ3) is 3.99. The highest BCUT2D eigenvalue weighted by atomic mass is 35.5. The van der Waals surface area contributed by atoms with Crippen LogP contribution in [-0.2, 0) is 13.1 Å². The number of rotatable bonds is 7. The maximum Gasteiger partial charge on any atom is 0.129 e. The van der Waals surface area contributed by atoms with Gasteiger partial charge in [0.2, 0.25) is 0 Å². The summed E-state index contributed by atoms with van der Waals surface area (Å²) in [5, 5.41) is 4.03. The first-order valence-corrected chi connectivity index (χ1v) is 7.17. The van der Waals surface area contributed by atoms with Gasteiger partial charge in [-0.1, -0.05) is 18.5 Å². The molecule has 0 amide bonds. The lowest BCUT2D eigenvalue weighted by Gasteiger charge is -2.18. The molecule has 0 aliphatic heterocycles. The highest BCUT2D eigenvalue weighted by Crippen LogP contribution is 2.20. The Labute approximate surface area is 124 Å². The zero-order valence-electron chi connectivity index (χ0n) is 11.9. The van der Waals surface area contributed by atoms with Crippen LogP contribution in [0.5, 0.6) is 0 Å². The Morgan fingerprint density at radius 1 is 1.35 bits per heavy atom. The Kier molecular flexibility index (Phi) is 5.44. The molecule has 2 aromatic rings. The van der Waals surface area contributed by atoms with E-state index in [1.165, 1.54) is 0 Å². The van der Waals surface area contributed by atoms with Gasteiger partial charge in [0.15, 0.2) is 0 Å². The van der Waals surface area contributed by atoms with Gasteiger partial charge in [0.05, 0.1) is 23.2 Å². The van der Waals surface area contributed by atoms with Crippen molar-refractivity contribution in [1.82, 2.24) is 10.3 Å². The number of hydrogen-bond donors (Lipinski definition) is 1. The number of nitrogens with one attached hydrogen (secondary N) is 1. The molecule has 0 aromatic carbocycles.